The first-order valence-electron chi connectivity index (χ1n) is 8.36. The van der Waals surface area contributed by atoms with E-state index >= 15 is 0 Å². The molecular formula is C20H20F2N4. The molecule has 3 rings (SSSR count). The first-order valence-corrected chi connectivity index (χ1v) is 8.36. The number of halogens is 2. The molecule has 0 spiro atoms. The van der Waals surface area contributed by atoms with Gasteiger partial charge >= 0.3 is 0 Å². The van der Waals surface area contributed by atoms with Crippen LogP contribution in [0.3, 0.4) is 0 Å². The summed E-state index contributed by atoms with van der Waals surface area (Å²) in [6.07, 6.45) is 0. The van der Waals surface area contributed by atoms with Crippen molar-refractivity contribution in [2.24, 2.45) is 0 Å². The van der Waals surface area contributed by atoms with Gasteiger partial charge in [0.25, 0.3) is 0 Å². The average molecular weight is 354 g/mol. The number of aromatic nitrogens is 2. The minimum Gasteiger partial charge on any atom is -0.338 e. The maximum absolute atomic E-state index is 13.9. The molecule has 0 radical (unpaired) electrons. The van der Waals surface area contributed by atoms with Crippen LogP contribution in [-0.2, 0) is 0 Å². The molecule has 1 aromatic heterocycles. The van der Waals surface area contributed by atoms with E-state index in [4.69, 9.17) is 0 Å². The van der Waals surface area contributed by atoms with Crippen molar-refractivity contribution in [2.75, 3.05) is 10.6 Å². The lowest BCUT2D eigenvalue weighted by Gasteiger charge is -2.15. The van der Waals surface area contributed by atoms with Crippen molar-refractivity contribution in [1.29, 1.82) is 0 Å². The van der Waals surface area contributed by atoms with Crippen LogP contribution in [0.1, 0.15) is 31.0 Å². The quantitative estimate of drug-likeness (QED) is 0.619. The number of para-hydroxylation sites is 1. The summed E-state index contributed by atoms with van der Waals surface area (Å²) in [7, 11) is 0. The molecule has 0 saturated carbocycles. The lowest BCUT2D eigenvalue weighted by atomic mass is 10.0. The van der Waals surface area contributed by atoms with E-state index in [1.165, 1.54) is 12.1 Å². The fourth-order valence-electron chi connectivity index (χ4n) is 2.65. The number of nitrogens with one attached hydrogen (secondary N) is 2. The van der Waals surface area contributed by atoms with Crippen LogP contribution in [0.4, 0.5) is 31.9 Å². The average Bonchev–Trinajstić information content (AvgIpc) is 2.57. The molecule has 134 valence electrons. The molecule has 0 fully saturated rings. The molecule has 0 aliphatic heterocycles. The zero-order valence-electron chi connectivity index (χ0n) is 14.8. The topological polar surface area (TPSA) is 49.8 Å². The smallest absolute Gasteiger partial charge is 0.229 e. The maximum Gasteiger partial charge on any atom is 0.229 e. The molecule has 0 amide bonds. The van der Waals surface area contributed by atoms with E-state index < -0.39 is 11.6 Å². The zero-order valence-corrected chi connectivity index (χ0v) is 14.8. The molecule has 26 heavy (non-hydrogen) atoms. The minimum absolute atomic E-state index is 0.151. The predicted molar refractivity (Wildman–Crippen MR) is 100 cm³/mol. The molecular weight excluding hydrogens is 334 g/mol. The second-order valence-electron chi connectivity index (χ2n) is 6.33. The van der Waals surface area contributed by atoms with Crippen LogP contribution in [0.5, 0.6) is 0 Å². The van der Waals surface area contributed by atoms with Gasteiger partial charge < -0.3 is 10.6 Å². The van der Waals surface area contributed by atoms with E-state index in [0.29, 0.717) is 17.7 Å². The minimum atomic E-state index is -0.680. The Hall–Kier alpha value is -3.02. The number of benzene rings is 2. The van der Waals surface area contributed by atoms with Crippen LogP contribution in [0, 0.1) is 18.6 Å². The van der Waals surface area contributed by atoms with Gasteiger partial charge in [-0.25, -0.2) is 13.8 Å². The highest BCUT2D eigenvalue weighted by atomic mass is 19.1. The number of hydrogen-bond acceptors (Lipinski definition) is 4. The van der Waals surface area contributed by atoms with E-state index in [2.05, 4.69) is 40.5 Å². The third kappa shape index (κ3) is 4.14. The lowest BCUT2D eigenvalue weighted by molar-refractivity contribution is 0.586. The third-order valence-corrected chi connectivity index (χ3v) is 3.88. The number of aryl methyl sites for hydroxylation is 1. The van der Waals surface area contributed by atoms with E-state index in [-0.39, 0.29) is 5.69 Å². The zero-order chi connectivity index (χ0) is 18.7. The van der Waals surface area contributed by atoms with E-state index in [1.807, 2.05) is 25.1 Å². The highest BCUT2D eigenvalue weighted by Gasteiger charge is 2.10. The van der Waals surface area contributed by atoms with Crippen molar-refractivity contribution < 1.29 is 8.78 Å². The number of anilines is 4. The Bertz CT molecular complexity index is 925. The van der Waals surface area contributed by atoms with Gasteiger partial charge in [0.1, 0.15) is 17.5 Å². The molecule has 0 bridgehead atoms. The Kier molecular flexibility index (Phi) is 5.11. The highest BCUT2D eigenvalue weighted by molar-refractivity contribution is 5.63. The molecule has 4 nitrogen and oxygen atoms in total. The van der Waals surface area contributed by atoms with E-state index in [9.17, 15) is 8.78 Å². The molecule has 0 aliphatic rings. The van der Waals surface area contributed by atoms with Gasteiger partial charge in [-0.2, -0.15) is 4.98 Å². The fourth-order valence-corrected chi connectivity index (χ4v) is 2.65. The summed E-state index contributed by atoms with van der Waals surface area (Å²) in [5.74, 6) is -0.134. The first-order chi connectivity index (χ1) is 12.4. The van der Waals surface area contributed by atoms with Crippen molar-refractivity contribution >= 4 is 23.1 Å². The normalized spacial score (nSPS) is 10.8. The van der Waals surface area contributed by atoms with Crippen LogP contribution in [0.15, 0.2) is 48.5 Å². The Morgan fingerprint density at radius 3 is 2.38 bits per heavy atom. The van der Waals surface area contributed by atoms with Crippen molar-refractivity contribution in [2.45, 2.75) is 26.7 Å². The van der Waals surface area contributed by atoms with Gasteiger partial charge in [0.2, 0.25) is 5.95 Å². The molecule has 2 N–H and O–H groups in total. The standard InChI is InChI=1S/C20H20F2N4/c1-12(2)15-6-4-5-7-17(15)25-20-23-13(3)10-19(26-20)24-18-9-8-14(21)11-16(18)22/h4-12H,1-3H3,(H2,23,24,25,26). The molecule has 2 aromatic carbocycles. The summed E-state index contributed by atoms with van der Waals surface area (Å²) in [4.78, 5) is 8.79. The monoisotopic (exact) mass is 354 g/mol. The SMILES string of the molecule is Cc1cc(Nc2ccc(F)cc2F)nc(Nc2ccccc2C(C)C)n1. The van der Waals surface area contributed by atoms with Crippen molar-refractivity contribution in [3.05, 3.63) is 71.4 Å². The van der Waals surface area contributed by atoms with E-state index in [0.717, 1.165) is 23.0 Å². The fraction of sp³-hybridized carbons (Fsp3) is 0.200. The van der Waals surface area contributed by atoms with Crippen LogP contribution in [0.25, 0.3) is 0 Å². The lowest BCUT2D eigenvalue weighted by Crippen LogP contribution is -2.05. The van der Waals surface area contributed by atoms with E-state index in [1.54, 1.807) is 6.07 Å². The molecule has 0 unspecified atom stereocenters. The Balaban J connectivity index is 1.89. The summed E-state index contributed by atoms with van der Waals surface area (Å²) in [6.45, 7) is 6.05. The summed E-state index contributed by atoms with van der Waals surface area (Å²) in [5.41, 5.74) is 2.94. The number of hydrogen-bond donors (Lipinski definition) is 2. The molecule has 3 aromatic rings. The Morgan fingerprint density at radius 1 is 0.885 bits per heavy atom. The molecule has 1 heterocycles. The van der Waals surface area contributed by atoms with Crippen LogP contribution < -0.4 is 10.6 Å². The molecule has 0 aliphatic carbocycles. The van der Waals surface area contributed by atoms with Crippen molar-refractivity contribution in [1.82, 2.24) is 9.97 Å². The third-order valence-electron chi connectivity index (χ3n) is 3.88. The first kappa shape index (κ1) is 17.8. The van der Waals surface area contributed by atoms with Crippen LogP contribution in [-0.4, -0.2) is 9.97 Å². The van der Waals surface area contributed by atoms with Crippen molar-refractivity contribution in [3.63, 3.8) is 0 Å². The number of rotatable bonds is 5. The largest absolute Gasteiger partial charge is 0.338 e. The second kappa shape index (κ2) is 7.47. The van der Waals surface area contributed by atoms with Gasteiger partial charge in [-0.3, -0.25) is 0 Å². The Morgan fingerprint density at radius 2 is 1.65 bits per heavy atom. The van der Waals surface area contributed by atoms with Gasteiger partial charge in [0.05, 0.1) is 5.69 Å². The van der Waals surface area contributed by atoms with Gasteiger partial charge in [-0.1, -0.05) is 32.0 Å². The van der Waals surface area contributed by atoms with Crippen LogP contribution >= 0.6 is 0 Å². The predicted octanol–water partition coefficient (Wildman–Crippen LogP) is 5.67. The van der Waals surface area contributed by atoms with Gasteiger partial charge in [0.15, 0.2) is 0 Å². The van der Waals surface area contributed by atoms with Gasteiger partial charge in [0, 0.05) is 23.5 Å². The maximum atomic E-state index is 13.9. The molecule has 0 saturated heterocycles. The summed E-state index contributed by atoms with van der Waals surface area (Å²) in [6, 6.07) is 13.0. The summed E-state index contributed by atoms with van der Waals surface area (Å²) < 4.78 is 26.9. The molecule has 6 heteroatoms. The number of nitrogens with zero attached hydrogens (tertiary/aromatic N) is 2. The molecule has 0 atom stereocenters. The van der Waals surface area contributed by atoms with Gasteiger partial charge in [-0.15, -0.1) is 0 Å². The second-order valence-corrected chi connectivity index (χ2v) is 6.33. The van der Waals surface area contributed by atoms with Gasteiger partial charge in [-0.05, 0) is 36.6 Å². The van der Waals surface area contributed by atoms with Crippen molar-refractivity contribution in [3.8, 4) is 0 Å². The summed E-state index contributed by atoms with van der Waals surface area (Å²) >= 11 is 0. The van der Waals surface area contributed by atoms with Crippen LogP contribution in [0.2, 0.25) is 0 Å². The highest BCUT2D eigenvalue weighted by Crippen LogP contribution is 2.27. The summed E-state index contributed by atoms with van der Waals surface area (Å²) in [5, 5.41) is 6.10. The Labute approximate surface area is 151 Å².